The molecule has 0 unspecified atom stereocenters. The number of carbonyl (C=O) groups is 3. The van der Waals surface area contributed by atoms with E-state index in [1.165, 1.54) is 18.2 Å². The molecule has 1 heterocycles. The van der Waals surface area contributed by atoms with Gasteiger partial charge >= 0.3 is 17.7 Å². The highest BCUT2D eigenvalue weighted by Crippen LogP contribution is 1.97. The van der Waals surface area contributed by atoms with Gasteiger partial charge in [-0.3, -0.25) is 10.1 Å². The van der Waals surface area contributed by atoms with Crippen LogP contribution in [0.5, 0.6) is 0 Å². The van der Waals surface area contributed by atoms with Crippen LogP contribution in [0.4, 0.5) is 4.79 Å². The number of aromatic nitrogens is 1. The van der Waals surface area contributed by atoms with Crippen molar-refractivity contribution in [1.82, 2.24) is 10.6 Å². The molecule has 114 valence electrons. The quantitative estimate of drug-likeness (QED) is 0.467. The van der Waals surface area contributed by atoms with Gasteiger partial charge in [-0.2, -0.15) is 4.73 Å². The lowest BCUT2D eigenvalue weighted by atomic mass is 10.1. The number of amides is 3. The van der Waals surface area contributed by atoms with E-state index >= 15 is 0 Å². The van der Waals surface area contributed by atoms with Crippen molar-refractivity contribution in [2.24, 2.45) is 0 Å². The molecule has 0 spiro atoms. The van der Waals surface area contributed by atoms with Gasteiger partial charge in [0.15, 0.2) is 12.8 Å². The number of esters is 1. The number of ether oxygens (including phenoxy) is 1. The number of pyridine rings is 1. The summed E-state index contributed by atoms with van der Waals surface area (Å²) in [4.78, 5) is 34.4. The van der Waals surface area contributed by atoms with Crippen molar-refractivity contribution in [3.05, 3.63) is 35.3 Å². The molecule has 0 aromatic carbocycles. The Balaban J connectivity index is 2.45. The van der Waals surface area contributed by atoms with E-state index in [1.54, 1.807) is 20.8 Å². The maximum Gasteiger partial charge on any atom is 0.405 e. The molecular formula is C13H17N3O5. The fourth-order valence-electron chi connectivity index (χ4n) is 1.33. The molecule has 0 radical (unpaired) electrons. The van der Waals surface area contributed by atoms with Crippen LogP contribution in [0, 0.1) is 5.21 Å². The van der Waals surface area contributed by atoms with Gasteiger partial charge in [-0.05, 0) is 26.8 Å². The van der Waals surface area contributed by atoms with Gasteiger partial charge in [0.25, 0.3) is 5.91 Å². The number of nitrogens with zero attached hydrogens (tertiary/aromatic N) is 1. The first kappa shape index (κ1) is 16.4. The molecule has 0 aliphatic heterocycles. The second-order valence-electron chi connectivity index (χ2n) is 5.24. The van der Waals surface area contributed by atoms with Crippen molar-refractivity contribution >= 4 is 17.9 Å². The average Bonchev–Trinajstić information content (AvgIpc) is 2.34. The number of hydrogen-bond donors (Lipinski definition) is 2. The van der Waals surface area contributed by atoms with Gasteiger partial charge in [-0.1, -0.05) is 0 Å². The zero-order valence-electron chi connectivity index (χ0n) is 12.0. The van der Waals surface area contributed by atoms with Crippen molar-refractivity contribution < 1.29 is 23.9 Å². The van der Waals surface area contributed by atoms with Gasteiger partial charge in [-0.15, -0.1) is 0 Å². The van der Waals surface area contributed by atoms with E-state index in [4.69, 9.17) is 0 Å². The van der Waals surface area contributed by atoms with Crippen LogP contribution < -0.4 is 15.4 Å². The lowest BCUT2D eigenvalue weighted by Gasteiger charge is -2.20. The highest BCUT2D eigenvalue weighted by Gasteiger charge is 2.20. The van der Waals surface area contributed by atoms with Crippen molar-refractivity contribution in [3.63, 3.8) is 0 Å². The van der Waals surface area contributed by atoms with Crippen LogP contribution in [0.15, 0.2) is 24.4 Å². The second-order valence-corrected chi connectivity index (χ2v) is 5.24. The monoisotopic (exact) mass is 295 g/mol. The van der Waals surface area contributed by atoms with Gasteiger partial charge in [-0.25, -0.2) is 9.59 Å². The van der Waals surface area contributed by atoms with Gasteiger partial charge in [0.2, 0.25) is 0 Å². The Bertz CT molecular complexity index is 551. The molecule has 0 aliphatic carbocycles. The predicted octanol–water partition coefficient (Wildman–Crippen LogP) is 0.101. The van der Waals surface area contributed by atoms with Crippen LogP contribution in [0.3, 0.4) is 0 Å². The Morgan fingerprint density at radius 2 is 1.95 bits per heavy atom. The Morgan fingerprint density at radius 1 is 1.29 bits per heavy atom. The summed E-state index contributed by atoms with van der Waals surface area (Å²) in [5.41, 5.74) is -0.747. The van der Waals surface area contributed by atoms with E-state index in [-0.39, 0.29) is 5.69 Å². The summed E-state index contributed by atoms with van der Waals surface area (Å²) >= 11 is 0. The van der Waals surface area contributed by atoms with E-state index in [0.29, 0.717) is 4.73 Å². The molecule has 0 saturated heterocycles. The van der Waals surface area contributed by atoms with Crippen molar-refractivity contribution in [1.29, 1.82) is 0 Å². The molecule has 1 aromatic rings. The Hall–Kier alpha value is -2.64. The predicted molar refractivity (Wildman–Crippen MR) is 72.1 cm³/mol. The number of imide groups is 1. The lowest BCUT2D eigenvalue weighted by molar-refractivity contribution is -0.608. The van der Waals surface area contributed by atoms with E-state index in [2.05, 4.69) is 10.1 Å². The minimum absolute atomic E-state index is 0.246. The van der Waals surface area contributed by atoms with Gasteiger partial charge in [0.1, 0.15) is 0 Å². The molecule has 1 aromatic heterocycles. The Kier molecular flexibility index (Phi) is 5.23. The second kappa shape index (κ2) is 6.69. The van der Waals surface area contributed by atoms with E-state index in [0.717, 1.165) is 6.20 Å². The highest BCUT2D eigenvalue weighted by atomic mass is 16.5. The van der Waals surface area contributed by atoms with Crippen LogP contribution in [0.2, 0.25) is 0 Å². The molecule has 21 heavy (non-hydrogen) atoms. The summed E-state index contributed by atoms with van der Waals surface area (Å²) in [6.45, 7) is 4.59. The summed E-state index contributed by atoms with van der Waals surface area (Å²) in [5.74, 6) is -1.74. The van der Waals surface area contributed by atoms with Crippen molar-refractivity contribution in [3.8, 4) is 0 Å². The zero-order chi connectivity index (χ0) is 16.0. The number of nitrogens with one attached hydrogen (secondary N) is 2. The maximum absolute atomic E-state index is 11.6. The Labute approximate surface area is 121 Å². The average molecular weight is 295 g/mol. The molecule has 0 saturated carbocycles. The summed E-state index contributed by atoms with van der Waals surface area (Å²) in [7, 11) is 0. The molecular weight excluding hydrogens is 278 g/mol. The van der Waals surface area contributed by atoms with Crippen molar-refractivity contribution in [2.45, 2.75) is 26.3 Å². The van der Waals surface area contributed by atoms with Crippen LogP contribution in [0.25, 0.3) is 0 Å². The Morgan fingerprint density at radius 3 is 2.52 bits per heavy atom. The van der Waals surface area contributed by atoms with Gasteiger partial charge < -0.3 is 15.3 Å². The third-order valence-corrected chi connectivity index (χ3v) is 2.11. The highest BCUT2D eigenvalue weighted by molar-refractivity contribution is 5.96. The van der Waals surface area contributed by atoms with Crippen LogP contribution in [-0.4, -0.2) is 30.1 Å². The number of urea groups is 1. The SMILES string of the molecule is CC(C)(C)NC(=O)NC(=O)COC(=O)c1cccc[n+]1[O-]. The fraction of sp³-hybridized carbons (Fsp3) is 0.385. The summed E-state index contributed by atoms with van der Waals surface area (Å²) in [6.07, 6.45) is 1.13. The maximum atomic E-state index is 11.6. The third kappa shape index (κ3) is 5.89. The minimum atomic E-state index is -0.947. The minimum Gasteiger partial charge on any atom is -0.618 e. The van der Waals surface area contributed by atoms with Crippen LogP contribution in [-0.2, 0) is 9.53 Å². The number of hydrogen-bond acceptors (Lipinski definition) is 5. The first-order valence-electron chi connectivity index (χ1n) is 6.16. The first-order chi connectivity index (χ1) is 9.69. The fourth-order valence-corrected chi connectivity index (χ4v) is 1.33. The van der Waals surface area contributed by atoms with Crippen molar-refractivity contribution in [2.75, 3.05) is 6.61 Å². The third-order valence-electron chi connectivity index (χ3n) is 2.11. The summed E-state index contributed by atoms with van der Waals surface area (Å²) in [5, 5.41) is 15.8. The molecule has 1 rings (SSSR count). The molecule has 0 aliphatic rings. The molecule has 8 heteroatoms. The molecule has 3 amide bonds. The largest absolute Gasteiger partial charge is 0.618 e. The molecule has 0 fully saturated rings. The standard InChI is InChI=1S/C13H17N3O5/c1-13(2,3)15-12(19)14-10(17)8-21-11(18)9-6-4-5-7-16(9)20/h4-7H,8H2,1-3H3,(H2,14,15,17,19). The smallest absolute Gasteiger partial charge is 0.405 e. The van der Waals surface area contributed by atoms with Gasteiger partial charge in [0.05, 0.1) is 0 Å². The summed E-state index contributed by atoms with van der Waals surface area (Å²) in [6, 6.07) is 3.51. The molecule has 0 bridgehead atoms. The molecule has 0 atom stereocenters. The van der Waals surface area contributed by atoms with Crippen LogP contribution in [0.1, 0.15) is 31.3 Å². The van der Waals surface area contributed by atoms with E-state index < -0.39 is 30.1 Å². The number of carbonyl (C=O) groups excluding carboxylic acids is 3. The van der Waals surface area contributed by atoms with Crippen LogP contribution >= 0.6 is 0 Å². The molecule has 2 N–H and O–H groups in total. The van der Waals surface area contributed by atoms with E-state index in [9.17, 15) is 19.6 Å². The molecule has 8 nitrogen and oxygen atoms in total. The normalized spacial score (nSPS) is 10.6. The summed E-state index contributed by atoms with van der Waals surface area (Å²) < 4.78 is 4.98. The number of rotatable bonds is 3. The topological polar surface area (TPSA) is 111 Å². The van der Waals surface area contributed by atoms with E-state index in [1.807, 2.05) is 5.32 Å². The van der Waals surface area contributed by atoms with Gasteiger partial charge in [0, 0.05) is 17.7 Å². The lowest BCUT2D eigenvalue weighted by Crippen LogP contribution is -2.49. The zero-order valence-corrected chi connectivity index (χ0v) is 12.0. The first-order valence-corrected chi connectivity index (χ1v) is 6.16.